The predicted molar refractivity (Wildman–Crippen MR) is 76.0 cm³/mol. The van der Waals surface area contributed by atoms with Crippen molar-refractivity contribution in [1.29, 1.82) is 0 Å². The Balaban J connectivity index is 0.00000200. The molecule has 0 spiro atoms. The number of piperidine rings is 1. The average molecular weight is 327 g/mol. The van der Waals surface area contributed by atoms with Crippen molar-refractivity contribution in [2.75, 3.05) is 13.1 Å². The highest BCUT2D eigenvalue weighted by Gasteiger charge is 2.27. The minimum atomic E-state index is -2.93. The van der Waals surface area contributed by atoms with Crippen LogP contribution < -0.4 is 10.5 Å². The second-order valence-electron chi connectivity index (χ2n) is 4.58. The summed E-state index contributed by atoms with van der Waals surface area (Å²) in [5, 5.41) is 0. The number of aryl methyl sites for hydroxylation is 1. The number of amides is 1. The van der Waals surface area contributed by atoms with Gasteiger partial charge in [0.15, 0.2) is 0 Å². The van der Waals surface area contributed by atoms with Crippen LogP contribution in [0, 0.1) is 6.92 Å². The Bertz CT molecular complexity index is 470. The Morgan fingerprint density at radius 1 is 1.60 bits per heavy atom. The van der Waals surface area contributed by atoms with E-state index in [9.17, 15) is 13.6 Å². The van der Waals surface area contributed by atoms with Crippen LogP contribution in [0.3, 0.4) is 0 Å². The van der Waals surface area contributed by atoms with Crippen LogP contribution in [0.15, 0.2) is 6.07 Å². The van der Waals surface area contributed by atoms with Gasteiger partial charge in [0.25, 0.3) is 5.91 Å². The number of likely N-dealkylation sites (tertiary alicyclic amines) is 1. The molecule has 8 heteroatoms. The van der Waals surface area contributed by atoms with Crippen molar-refractivity contribution in [2.45, 2.75) is 32.4 Å². The van der Waals surface area contributed by atoms with Crippen LogP contribution in [0.2, 0.25) is 0 Å². The highest BCUT2D eigenvalue weighted by Crippen LogP contribution is 2.31. The lowest BCUT2D eigenvalue weighted by Gasteiger charge is -2.30. The molecule has 0 saturated carbocycles. The molecule has 20 heavy (non-hydrogen) atoms. The summed E-state index contributed by atoms with van der Waals surface area (Å²) in [4.78, 5) is 14.9. The molecule has 1 aliphatic heterocycles. The fraction of sp³-hybridized carbons (Fsp3) is 0.583. The van der Waals surface area contributed by atoms with E-state index in [0.29, 0.717) is 13.1 Å². The summed E-state index contributed by atoms with van der Waals surface area (Å²) in [5.41, 5.74) is 5.82. The molecule has 1 aliphatic rings. The molecular weight excluding hydrogens is 310 g/mol. The highest BCUT2D eigenvalue weighted by atomic mass is 35.5. The number of ether oxygens (including phenoxy) is 1. The van der Waals surface area contributed by atoms with Crippen LogP contribution in [0.4, 0.5) is 8.78 Å². The molecule has 1 aromatic rings. The molecule has 2 heterocycles. The van der Waals surface area contributed by atoms with Gasteiger partial charge in [0.2, 0.25) is 0 Å². The highest BCUT2D eigenvalue weighted by molar-refractivity contribution is 7.14. The average Bonchev–Trinajstić information content (AvgIpc) is 2.68. The molecule has 0 aliphatic carbocycles. The molecule has 0 aromatic carbocycles. The topological polar surface area (TPSA) is 55.6 Å². The molecule has 1 aromatic heterocycles. The van der Waals surface area contributed by atoms with E-state index in [-0.39, 0.29) is 35.0 Å². The number of carbonyl (C=O) groups excluding carboxylic acids is 1. The molecule has 114 valence electrons. The maximum absolute atomic E-state index is 12.3. The summed E-state index contributed by atoms with van der Waals surface area (Å²) in [6, 6.07) is 1.42. The van der Waals surface area contributed by atoms with Crippen molar-refractivity contribution in [3.8, 4) is 5.75 Å². The number of halogens is 3. The number of hydrogen-bond donors (Lipinski definition) is 1. The Labute approximate surface area is 126 Å². The largest absolute Gasteiger partial charge is 0.433 e. The smallest absolute Gasteiger partial charge is 0.387 e. The standard InChI is InChI=1S/C12H16F2N2O2S.ClH/c1-7-5-9(18-12(13)14)10(19-7)11(17)16-4-2-3-8(15)6-16;/h5,8,12H,2-4,6,15H2,1H3;1H. The molecule has 4 nitrogen and oxygen atoms in total. The van der Waals surface area contributed by atoms with Crippen LogP contribution >= 0.6 is 23.7 Å². The van der Waals surface area contributed by atoms with E-state index in [1.54, 1.807) is 11.8 Å². The van der Waals surface area contributed by atoms with E-state index >= 15 is 0 Å². The predicted octanol–water partition coefficient (Wildman–Crippen LogP) is 2.64. The molecule has 2 N–H and O–H groups in total. The molecule has 1 atom stereocenters. The van der Waals surface area contributed by atoms with E-state index in [2.05, 4.69) is 4.74 Å². The summed E-state index contributed by atoms with van der Waals surface area (Å²) < 4.78 is 29.0. The maximum atomic E-state index is 12.3. The first kappa shape index (κ1) is 17.1. The first-order valence-corrected chi connectivity index (χ1v) is 6.89. The van der Waals surface area contributed by atoms with Gasteiger partial charge in [-0.15, -0.1) is 23.7 Å². The van der Waals surface area contributed by atoms with Gasteiger partial charge in [-0.3, -0.25) is 4.79 Å². The lowest BCUT2D eigenvalue weighted by Crippen LogP contribution is -2.45. The fourth-order valence-electron chi connectivity index (χ4n) is 2.16. The van der Waals surface area contributed by atoms with Crippen molar-refractivity contribution in [1.82, 2.24) is 4.90 Å². The number of alkyl halides is 2. The first-order valence-electron chi connectivity index (χ1n) is 6.07. The van der Waals surface area contributed by atoms with E-state index in [1.165, 1.54) is 17.4 Å². The number of rotatable bonds is 3. The van der Waals surface area contributed by atoms with Crippen molar-refractivity contribution >= 4 is 29.7 Å². The van der Waals surface area contributed by atoms with Crippen molar-refractivity contribution in [3.63, 3.8) is 0 Å². The van der Waals surface area contributed by atoms with Crippen LogP contribution in [0.5, 0.6) is 5.75 Å². The monoisotopic (exact) mass is 326 g/mol. The van der Waals surface area contributed by atoms with Crippen LogP contribution in [0.1, 0.15) is 27.4 Å². The molecule has 1 unspecified atom stereocenters. The van der Waals surface area contributed by atoms with E-state index < -0.39 is 6.61 Å². The Morgan fingerprint density at radius 3 is 2.90 bits per heavy atom. The SMILES string of the molecule is Cc1cc(OC(F)F)c(C(=O)N2CCCC(N)C2)s1.Cl. The van der Waals surface area contributed by atoms with Gasteiger partial charge in [-0.25, -0.2) is 0 Å². The summed E-state index contributed by atoms with van der Waals surface area (Å²) in [5.74, 6) is -0.314. The molecule has 2 rings (SSSR count). The zero-order chi connectivity index (χ0) is 14.0. The van der Waals surface area contributed by atoms with Crippen molar-refractivity contribution < 1.29 is 18.3 Å². The number of carbonyl (C=O) groups is 1. The summed E-state index contributed by atoms with van der Waals surface area (Å²) in [7, 11) is 0. The summed E-state index contributed by atoms with van der Waals surface area (Å²) >= 11 is 1.17. The number of hydrogen-bond acceptors (Lipinski definition) is 4. The van der Waals surface area contributed by atoms with Gasteiger partial charge in [-0.2, -0.15) is 8.78 Å². The second kappa shape index (κ2) is 7.19. The Morgan fingerprint density at radius 2 is 2.30 bits per heavy atom. The lowest BCUT2D eigenvalue weighted by atomic mass is 10.1. The van der Waals surface area contributed by atoms with Gasteiger partial charge in [-0.05, 0) is 25.8 Å². The number of nitrogens with zero attached hydrogens (tertiary/aromatic N) is 1. The van der Waals surface area contributed by atoms with Crippen molar-refractivity contribution in [3.05, 3.63) is 15.8 Å². The van der Waals surface area contributed by atoms with Gasteiger partial charge in [0, 0.05) is 24.0 Å². The van der Waals surface area contributed by atoms with Crippen LogP contribution in [-0.2, 0) is 0 Å². The van der Waals surface area contributed by atoms with Gasteiger partial charge in [-0.1, -0.05) is 0 Å². The van der Waals surface area contributed by atoms with Gasteiger partial charge in [0.1, 0.15) is 10.6 Å². The quantitative estimate of drug-likeness (QED) is 0.929. The van der Waals surface area contributed by atoms with Gasteiger partial charge >= 0.3 is 6.61 Å². The third-order valence-corrected chi connectivity index (χ3v) is 4.00. The van der Waals surface area contributed by atoms with E-state index in [1.807, 2.05) is 0 Å². The Kier molecular flexibility index (Phi) is 6.16. The third kappa shape index (κ3) is 4.04. The Hall–Kier alpha value is -0.920. The minimum Gasteiger partial charge on any atom is -0.433 e. The van der Waals surface area contributed by atoms with E-state index in [4.69, 9.17) is 5.73 Å². The third-order valence-electron chi connectivity index (χ3n) is 2.98. The molecule has 0 radical (unpaired) electrons. The molecular formula is C12H17ClF2N2O2S. The van der Waals surface area contributed by atoms with Gasteiger partial charge < -0.3 is 15.4 Å². The molecule has 1 amide bonds. The minimum absolute atomic E-state index is 0. The van der Waals surface area contributed by atoms with Crippen molar-refractivity contribution in [2.24, 2.45) is 5.73 Å². The zero-order valence-corrected chi connectivity index (χ0v) is 12.6. The summed E-state index contributed by atoms with van der Waals surface area (Å²) in [6.45, 7) is -0.104. The number of thiophene rings is 1. The second-order valence-corrected chi connectivity index (χ2v) is 5.84. The normalized spacial score (nSPS) is 18.9. The molecule has 1 fully saturated rings. The first-order chi connectivity index (χ1) is 8.97. The van der Waals surface area contributed by atoms with Crippen LogP contribution in [0.25, 0.3) is 0 Å². The lowest BCUT2D eigenvalue weighted by molar-refractivity contribution is -0.0499. The molecule has 0 bridgehead atoms. The zero-order valence-electron chi connectivity index (χ0n) is 11.0. The fourth-order valence-corrected chi connectivity index (χ4v) is 3.07. The van der Waals surface area contributed by atoms with E-state index in [0.717, 1.165) is 17.7 Å². The maximum Gasteiger partial charge on any atom is 0.387 e. The van der Waals surface area contributed by atoms with Gasteiger partial charge in [0.05, 0.1) is 0 Å². The molecule has 1 saturated heterocycles. The summed E-state index contributed by atoms with van der Waals surface area (Å²) in [6.07, 6.45) is 1.72. The van der Waals surface area contributed by atoms with Crippen LogP contribution in [-0.4, -0.2) is 36.5 Å². The number of nitrogens with two attached hydrogens (primary N) is 1.